The highest BCUT2D eigenvalue weighted by Crippen LogP contribution is 2.37. The largest absolute Gasteiger partial charge is 0.474 e. The minimum atomic E-state index is -1.64. The maximum atomic E-state index is 11.7. The summed E-state index contributed by atoms with van der Waals surface area (Å²) < 4.78 is 0. The van der Waals surface area contributed by atoms with E-state index in [0.29, 0.717) is 16.3 Å². The fraction of sp³-hybridized carbons (Fsp3) is 0.182. The highest BCUT2D eigenvalue weighted by molar-refractivity contribution is 8.00. The summed E-state index contributed by atoms with van der Waals surface area (Å²) in [4.78, 5) is 35.4. The lowest BCUT2D eigenvalue weighted by Gasteiger charge is -2.26. The molecule has 2 amide bonds. The second kappa shape index (κ2) is 4.69. The lowest BCUT2D eigenvalue weighted by Crippen LogP contribution is -2.44. The van der Waals surface area contributed by atoms with Crippen molar-refractivity contribution >= 4 is 40.9 Å². The van der Waals surface area contributed by atoms with E-state index in [4.69, 9.17) is 5.11 Å². The van der Waals surface area contributed by atoms with Gasteiger partial charge in [0.15, 0.2) is 0 Å². The van der Waals surface area contributed by atoms with Gasteiger partial charge in [0.05, 0.1) is 11.4 Å². The smallest absolute Gasteiger partial charge is 0.395 e. The van der Waals surface area contributed by atoms with Crippen LogP contribution in [-0.2, 0) is 14.4 Å². The molecule has 6 nitrogen and oxygen atoms in total. The van der Waals surface area contributed by atoms with Gasteiger partial charge in [0.1, 0.15) is 0 Å². The number of carboxylic acid groups (broad SMARTS) is 1. The average molecular weight is 266 g/mol. The summed E-state index contributed by atoms with van der Waals surface area (Å²) in [6, 6.07) is 5.13. The topological polar surface area (TPSA) is 86.7 Å². The Morgan fingerprint density at radius 3 is 2.78 bits per heavy atom. The first-order chi connectivity index (χ1) is 8.54. The van der Waals surface area contributed by atoms with E-state index < -0.39 is 17.8 Å². The average Bonchev–Trinajstić information content (AvgIpc) is 2.37. The number of nitrogens with zero attached hydrogens (tertiary/aromatic N) is 1. The van der Waals surface area contributed by atoms with Crippen LogP contribution in [0, 0.1) is 0 Å². The number of amides is 2. The summed E-state index contributed by atoms with van der Waals surface area (Å²) in [5.74, 6) is -3.33. The number of nitrogens with one attached hydrogen (secondary N) is 1. The maximum Gasteiger partial charge on any atom is 0.395 e. The van der Waals surface area contributed by atoms with Crippen molar-refractivity contribution in [1.29, 1.82) is 0 Å². The van der Waals surface area contributed by atoms with Gasteiger partial charge in [-0.05, 0) is 18.2 Å². The number of hydrogen-bond acceptors (Lipinski definition) is 5. The van der Waals surface area contributed by atoms with E-state index in [0.717, 1.165) is 4.90 Å². The van der Waals surface area contributed by atoms with Crippen LogP contribution in [0.2, 0.25) is 0 Å². The Bertz CT molecular complexity index is 544. The van der Waals surface area contributed by atoms with Crippen LogP contribution in [0.5, 0.6) is 0 Å². The molecule has 0 aromatic heterocycles. The third kappa shape index (κ3) is 2.04. The second-order valence-electron chi connectivity index (χ2n) is 3.56. The lowest BCUT2D eigenvalue weighted by molar-refractivity contribution is -0.149. The number of imide groups is 1. The van der Waals surface area contributed by atoms with Crippen LogP contribution in [0.3, 0.4) is 0 Å². The van der Waals surface area contributed by atoms with Crippen molar-refractivity contribution < 1.29 is 19.5 Å². The zero-order chi connectivity index (χ0) is 13.3. The molecule has 1 aromatic carbocycles. The Labute approximate surface area is 107 Å². The van der Waals surface area contributed by atoms with Gasteiger partial charge in [-0.2, -0.15) is 0 Å². The maximum absolute atomic E-state index is 11.7. The Hall–Kier alpha value is -2.02. The summed E-state index contributed by atoms with van der Waals surface area (Å²) in [6.45, 7) is 0. The monoisotopic (exact) mass is 266 g/mol. The molecule has 0 saturated heterocycles. The third-order valence-electron chi connectivity index (χ3n) is 2.48. The summed E-state index contributed by atoms with van der Waals surface area (Å²) in [5.41, 5.74) is 1.02. The molecular weight excluding hydrogens is 256 g/mol. The van der Waals surface area contributed by atoms with Gasteiger partial charge in [-0.25, -0.2) is 9.69 Å². The Kier molecular flexibility index (Phi) is 3.24. The second-order valence-corrected chi connectivity index (χ2v) is 4.58. The number of carboxylic acids is 1. The lowest BCUT2D eigenvalue weighted by atomic mass is 10.2. The number of benzene rings is 1. The van der Waals surface area contributed by atoms with Crippen molar-refractivity contribution in [2.45, 2.75) is 4.90 Å². The van der Waals surface area contributed by atoms with Crippen LogP contribution in [0.15, 0.2) is 23.1 Å². The first-order valence-corrected chi connectivity index (χ1v) is 6.08. The molecule has 2 N–H and O–H groups in total. The Morgan fingerprint density at radius 2 is 2.17 bits per heavy atom. The molecule has 0 atom stereocenters. The predicted octanol–water partition coefficient (Wildman–Crippen LogP) is 0.778. The number of hydrogen-bond donors (Lipinski definition) is 2. The molecule has 1 heterocycles. The molecular formula is C11H10N2O4S. The molecule has 0 fully saturated rings. The van der Waals surface area contributed by atoms with E-state index in [-0.39, 0.29) is 5.75 Å². The van der Waals surface area contributed by atoms with Crippen molar-refractivity contribution in [3.8, 4) is 0 Å². The Balaban J connectivity index is 2.52. The van der Waals surface area contributed by atoms with Crippen LogP contribution in [0.25, 0.3) is 0 Å². The van der Waals surface area contributed by atoms with Gasteiger partial charge in [0, 0.05) is 17.6 Å². The zero-order valence-electron chi connectivity index (χ0n) is 9.47. The van der Waals surface area contributed by atoms with E-state index in [1.54, 1.807) is 25.2 Å². The number of aliphatic carboxylic acids is 1. The summed E-state index contributed by atoms with van der Waals surface area (Å²) in [7, 11) is 1.70. The molecule has 0 aliphatic carbocycles. The fourth-order valence-corrected chi connectivity index (χ4v) is 2.50. The van der Waals surface area contributed by atoms with E-state index in [2.05, 4.69) is 5.32 Å². The van der Waals surface area contributed by atoms with Gasteiger partial charge in [0.2, 0.25) is 5.91 Å². The van der Waals surface area contributed by atoms with E-state index >= 15 is 0 Å². The first kappa shape index (κ1) is 12.4. The van der Waals surface area contributed by atoms with Crippen LogP contribution in [0.1, 0.15) is 0 Å². The van der Waals surface area contributed by atoms with Crippen LogP contribution >= 0.6 is 11.8 Å². The molecule has 1 aliphatic heterocycles. The minimum Gasteiger partial charge on any atom is -0.474 e. The van der Waals surface area contributed by atoms with Crippen molar-refractivity contribution in [3.05, 3.63) is 18.2 Å². The SMILES string of the molecule is CNc1ccc2c(c1)N(C(=O)C(=O)O)C(=O)CS2. The van der Waals surface area contributed by atoms with Crippen LogP contribution < -0.4 is 10.2 Å². The molecule has 0 saturated carbocycles. The highest BCUT2D eigenvalue weighted by atomic mass is 32.2. The van der Waals surface area contributed by atoms with Gasteiger partial charge in [-0.1, -0.05) is 0 Å². The molecule has 94 valence electrons. The number of rotatable bonds is 1. The van der Waals surface area contributed by atoms with Gasteiger partial charge in [-0.3, -0.25) is 9.59 Å². The summed E-state index contributed by atoms with van der Waals surface area (Å²) in [6.07, 6.45) is 0. The van der Waals surface area contributed by atoms with Crippen LogP contribution in [-0.4, -0.2) is 35.7 Å². The molecule has 2 rings (SSSR count). The minimum absolute atomic E-state index is 0.0604. The van der Waals surface area contributed by atoms with E-state index in [9.17, 15) is 14.4 Å². The molecule has 1 aromatic rings. The van der Waals surface area contributed by atoms with E-state index in [1.165, 1.54) is 11.8 Å². The van der Waals surface area contributed by atoms with Crippen LogP contribution in [0.4, 0.5) is 11.4 Å². The zero-order valence-corrected chi connectivity index (χ0v) is 10.3. The molecule has 0 spiro atoms. The molecule has 7 heteroatoms. The van der Waals surface area contributed by atoms with Gasteiger partial charge >= 0.3 is 11.9 Å². The quantitative estimate of drug-likeness (QED) is 0.730. The number of anilines is 2. The van der Waals surface area contributed by atoms with Gasteiger partial charge < -0.3 is 10.4 Å². The van der Waals surface area contributed by atoms with Crippen molar-refractivity contribution in [2.75, 3.05) is 23.0 Å². The standard InChI is InChI=1S/C11H10N2O4S/c1-12-6-2-3-8-7(4-6)13(9(14)5-18-8)10(15)11(16)17/h2-4,12H,5H2,1H3,(H,16,17). The third-order valence-corrected chi connectivity index (χ3v) is 3.52. The molecule has 1 aliphatic rings. The van der Waals surface area contributed by atoms with E-state index in [1.807, 2.05) is 0 Å². The number of carbonyl (C=O) groups is 3. The molecule has 0 bridgehead atoms. The van der Waals surface area contributed by atoms with Crippen molar-refractivity contribution in [3.63, 3.8) is 0 Å². The van der Waals surface area contributed by atoms with Crippen molar-refractivity contribution in [1.82, 2.24) is 0 Å². The normalized spacial score (nSPS) is 14.1. The molecule has 0 unspecified atom stereocenters. The molecule has 0 radical (unpaired) electrons. The Morgan fingerprint density at radius 1 is 1.44 bits per heavy atom. The summed E-state index contributed by atoms with van der Waals surface area (Å²) >= 11 is 1.28. The number of carbonyl (C=O) groups excluding carboxylic acids is 2. The fourth-order valence-electron chi connectivity index (χ4n) is 1.63. The molecule has 18 heavy (non-hydrogen) atoms. The predicted molar refractivity (Wildman–Crippen MR) is 66.8 cm³/mol. The summed E-state index contributed by atoms with van der Waals surface area (Å²) in [5, 5.41) is 11.6. The first-order valence-electron chi connectivity index (χ1n) is 5.09. The number of fused-ring (bicyclic) bond motifs is 1. The highest BCUT2D eigenvalue weighted by Gasteiger charge is 2.33. The van der Waals surface area contributed by atoms with Gasteiger partial charge in [0.25, 0.3) is 0 Å². The van der Waals surface area contributed by atoms with Crippen molar-refractivity contribution in [2.24, 2.45) is 0 Å². The number of thioether (sulfide) groups is 1. The van der Waals surface area contributed by atoms with Gasteiger partial charge in [-0.15, -0.1) is 11.8 Å².